The third kappa shape index (κ3) is 2.04. The van der Waals surface area contributed by atoms with Crippen LogP contribution in [0, 0.1) is 0 Å². The van der Waals surface area contributed by atoms with Crippen LogP contribution in [0.15, 0.2) is 0 Å². The van der Waals surface area contributed by atoms with Crippen molar-refractivity contribution in [1.82, 2.24) is 9.36 Å². The maximum Gasteiger partial charge on any atom is 0.229 e. The van der Waals surface area contributed by atoms with E-state index in [4.69, 9.17) is 4.84 Å². The molecule has 0 aromatic carbocycles. The van der Waals surface area contributed by atoms with Gasteiger partial charge in [-0.1, -0.05) is 13.8 Å². The summed E-state index contributed by atoms with van der Waals surface area (Å²) < 4.78 is 4.30. The number of rotatable bonds is 2. The quantitative estimate of drug-likeness (QED) is 0.755. The van der Waals surface area contributed by atoms with Crippen LogP contribution in [0.5, 0.6) is 0 Å². The number of aromatic nitrogens is 2. The lowest BCUT2D eigenvalue weighted by atomic mass is 10.2. The maximum atomic E-state index is 5.50. The van der Waals surface area contributed by atoms with Gasteiger partial charge in [0.25, 0.3) is 0 Å². The molecule has 1 saturated heterocycles. The van der Waals surface area contributed by atoms with Gasteiger partial charge >= 0.3 is 0 Å². The molecule has 0 unspecified atom stereocenters. The molecule has 1 aromatic heterocycles. The van der Waals surface area contributed by atoms with Crippen molar-refractivity contribution in [2.24, 2.45) is 0 Å². The second kappa shape index (κ2) is 4.23. The Kier molecular flexibility index (Phi) is 2.98. The van der Waals surface area contributed by atoms with Crippen LogP contribution in [0.25, 0.3) is 0 Å². The van der Waals surface area contributed by atoms with Gasteiger partial charge in [0.1, 0.15) is 5.82 Å². The molecule has 0 aliphatic carbocycles. The van der Waals surface area contributed by atoms with Crippen LogP contribution < -0.4 is 5.06 Å². The molecule has 1 aliphatic heterocycles. The van der Waals surface area contributed by atoms with Crippen molar-refractivity contribution in [2.45, 2.75) is 32.6 Å². The molecule has 0 amide bonds. The van der Waals surface area contributed by atoms with E-state index in [1.165, 1.54) is 18.0 Å². The van der Waals surface area contributed by atoms with Crippen molar-refractivity contribution < 1.29 is 4.84 Å². The van der Waals surface area contributed by atoms with E-state index >= 15 is 0 Å². The molecule has 78 valence electrons. The largest absolute Gasteiger partial charge is 0.271 e. The monoisotopic (exact) mass is 213 g/mol. The summed E-state index contributed by atoms with van der Waals surface area (Å²) >= 11 is 1.42. The number of hydrogen-bond donors (Lipinski definition) is 0. The van der Waals surface area contributed by atoms with Gasteiger partial charge in [0.2, 0.25) is 5.13 Å². The van der Waals surface area contributed by atoms with Gasteiger partial charge in [-0.3, -0.25) is 4.84 Å². The Morgan fingerprint density at radius 3 is 2.86 bits per heavy atom. The molecule has 4 nitrogen and oxygen atoms in total. The SMILES string of the molecule is CC(C)c1nsc(N2CCCCO2)n1. The van der Waals surface area contributed by atoms with Gasteiger partial charge < -0.3 is 0 Å². The molecule has 5 heteroatoms. The van der Waals surface area contributed by atoms with E-state index in [0.717, 1.165) is 30.5 Å². The summed E-state index contributed by atoms with van der Waals surface area (Å²) in [6.07, 6.45) is 2.32. The Hall–Kier alpha value is -0.680. The molecular formula is C9H15N3OS. The van der Waals surface area contributed by atoms with E-state index in [1.807, 2.05) is 5.06 Å². The molecule has 0 saturated carbocycles. The number of hydrogen-bond acceptors (Lipinski definition) is 5. The summed E-state index contributed by atoms with van der Waals surface area (Å²) in [7, 11) is 0. The third-order valence-corrected chi connectivity index (χ3v) is 2.90. The van der Waals surface area contributed by atoms with Crippen LogP contribution in [0.4, 0.5) is 5.13 Å². The van der Waals surface area contributed by atoms with E-state index in [-0.39, 0.29) is 0 Å². The van der Waals surface area contributed by atoms with E-state index in [2.05, 4.69) is 23.2 Å². The average Bonchev–Trinajstić information content (AvgIpc) is 2.68. The Labute approximate surface area is 88.0 Å². The first kappa shape index (κ1) is 9.86. The van der Waals surface area contributed by atoms with E-state index in [0.29, 0.717) is 5.92 Å². The normalized spacial score (nSPS) is 17.8. The van der Waals surface area contributed by atoms with Crippen molar-refractivity contribution in [3.8, 4) is 0 Å². The molecule has 1 aromatic rings. The minimum absolute atomic E-state index is 0.393. The lowest BCUT2D eigenvalue weighted by molar-refractivity contribution is 0.0776. The fourth-order valence-corrected chi connectivity index (χ4v) is 2.11. The van der Waals surface area contributed by atoms with Gasteiger partial charge in [0.15, 0.2) is 0 Å². The summed E-state index contributed by atoms with van der Waals surface area (Å²) in [6.45, 7) is 5.94. The molecule has 14 heavy (non-hydrogen) atoms. The highest BCUT2D eigenvalue weighted by atomic mass is 32.1. The molecule has 1 fully saturated rings. The standard InChI is InChI=1S/C9H15N3OS/c1-7(2)8-10-9(14-11-8)12-5-3-4-6-13-12/h7H,3-6H2,1-2H3. The highest BCUT2D eigenvalue weighted by Gasteiger charge is 2.17. The molecule has 2 heterocycles. The van der Waals surface area contributed by atoms with E-state index < -0.39 is 0 Å². The molecule has 2 rings (SSSR count). The highest BCUT2D eigenvalue weighted by Crippen LogP contribution is 2.23. The molecule has 0 spiro atoms. The van der Waals surface area contributed by atoms with Crippen molar-refractivity contribution in [3.63, 3.8) is 0 Å². The van der Waals surface area contributed by atoms with Gasteiger partial charge in [0.05, 0.1) is 6.61 Å². The summed E-state index contributed by atoms with van der Waals surface area (Å²) in [6, 6.07) is 0. The van der Waals surface area contributed by atoms with Crippen LogP contribution >= 0.6 is 11.5 Å². The lowest BCUT2D eigenvalue weighted by Crippen LogP contribution is -2.29. The first-order chi connectivity index (χ1) is 6.77. The highest BCUT2D eigenvalue weighted by molar-refractivity contribution is 7.09. The molecule has 0 N–H and O–H groups in total. The third-order valence-electron chi connectivity index (χ3n) is 2.16. The molecule has 0 bridgehead atoms. The van der Waals surface area contributed by atoms with Gasteiger partial charge in [-0.05, 0) is 12.8 Å². The molecule has 1 aliphatic rings. The van der Waals surface area contributed by atoms with Crippen LogP contribution in [0.3, 0.4) is 0 Å². The zero-order chi connectivity index (χ0) is 9.97. The second-order valence-electron chi connectivity index (χ2n) is 3.73. The minimum Gasteiger partial charge on any atom is -0.271 e. The number of nitrogens with zero attached hydrogens (tertiary/aromatic N) is 3. The second-order valence-corrected chi connectivity index (χ2v) is 4.46. The zero-order valence-corrected chi connectivity index (χ0v) is 9.38. The Bertz CT molecular complexity index is 294. The summed E-state index contributed by atoms with van der Waals surface area (Å²) in [5.41, 5.74) is 0. The van der Waals surface area contributed by atoms with Crippen LogP contribution in [0.1, 0.15) is 38.4 Å². The van der Waals surface area contributed by atoms with Gasteiger partial charge in [-0.25, -0.2) is 10.0 Å². The lowest BCUT2D eigenvalue weighted by Gasteiger charge is -2.24. The average molecular weight is 213 g/mol. The first-order valence-electron chi connectivity index (χ1n) is 5.01. The molecule has 0 radical (unpaired) electrons. The van der Waals surface area contributed by atoms with Gasteiger partial charge in [-0.15, -0.1) is 0 Å². The minimum atomic E-state index is 0.393. The van der Waals surface area contributed by atoms with Gasteiger partial charge in [0, 0.05) is 24.0 Å². The maximum absolute atomic E-state index is 5.50. The predicted octanol–water partition coefficient (Wildman–Crippen LogP) is 2.19. The van der Waals surface area contributed by atoms with Crippen molar-refractivity contribution in [2.75, 3.05) is 18.2 Å². The van der Waals surface area contributed by atoms with Crippen molar-refractivity contribution in [1.29, 1.82) is 0 Å². The number of anilines is 1. The Balaban J connectivity index is 2.07. The summed E-state index contributed by atoms with van der Waals surface area (Å²) in [5.74, 6) is 1.31. The van der Waals surface area contributed by atoms with E-state index in [9.17, 15) is 0 Å². The first-order valence-corrected chi connectivity index (χ1v) is 5.79. The van der Waals surface area contributed by atoms with Crippen LogP contribution in [0.2, 0.25) is 0 Å². The van der Waals surface area contributed by atoms with Crippen LogP contribution in [-0.4, -0.2) is 22.5 Å². The fraction of sp³-hybridized carbons (Fsp3) is 0.778. The smallest absolute Gasteiger partial charge is 0.229 e. The van der Waals surface area contributed by atoms with Crippen LogP contribution in [-0.2, 0) is 4.84 Å². The van der Waals surface area contributed by atoms with Crippen molar-refractivity contribution >= 4 is 16.7 Å². The zero-order valence-electron chi connectivity index (χ0n) is 8.56. The Morgan fingerprint density at radius 1 is 1.43 bits per heavy atom. The number of hydroxylamine groups is 1. The topological polar surface area (TPSA) is 38.2 Å². The summed E-state index contributed by atoms with van der Waals surface area (Å²) in [5, 5.41) is 2.76. The Morgan fingerprint density at radius 2 is 2.29 bits per heavy atom. The molecule has 0 atom stereocenters. The van der Waals surface area contributed by atoms with E-state index in [1.54, 1.807) is 0 Å². The molecular weight excluding hydrogens is 198 g/mol. The fourth-order valence-electron chi connectivity index (χ4n) is 1.31. The van der Waals surface area contributed by atoms with Crippen molar-refractivity contribution in [3.05, 3.63) is 5.82 Å². The predicted molar refractivity (Wildman–Crippen MR) is 56.5 cm³/mol. The summed E-state index contributed by atoms with van der Waals surface area (Å²) in [4.78, 5) is 9.94. The van der Waals surface area contributed by atoms with Gasteiger partial charge in [-0.2, -0.15) is 4.37 Å².